The highest BCUT2D eigenvalue weighted by atomic mass is 19.4. The molecule has 6 nitrogen and oxygen atoms in total. The fraction of sp³-hybridized carbons (Fsp3) is 0.533. The SMILES string of the molecule is Cc1cc(C(F)(F)F)nc(N2CCC(O)(c3nccn3C)CC2)n1. The minimum atomic E-state index is -4.51. The van der Waals surface area contributed by atoms with Gasteiger partial charge in [-0.2, -0.15) is 13.2 Å². The molecule has 0 unspecified atom stereocenters. The van der Waals surface area contributed by atoms with Crippen molar-refractivity contribution in [2.45, 2.75) is 31.5 Å². The summed E-state index contributed by atoms with van der Waals surface area (Å²) in [5.41, 5.74) is -1.78. The number of rotatable bonds is 2. The molecule has 0 radical (unpaired) electrons. The minimum Gasteiger partial charge on any atom is -0.382 e. The highest BCUT2D eigenvalue weighted by molar-refractivity contribution is 5.34. The number of nitrogens with zero attached hydrogens (tertiary/aromatic N) is 5. The van der Waals surface area contributed by atoms with Gasteiger partial charge in [0.1, 0.15) is 17.1 Å². The predicted octanol–water partition coefficient (Wildman–Crippen LogP) is 2.03. The summed E-state index contributed by atoms with van der Waals surface area (Å²) >= 11 is 0. The van der Waals surface area contributed by atoms with Crippen LogP contribution in [-0.2, 0) is 18.8 Å². The molecule has 9 heteroatoms. The maximum absolute atomic E-state index is 12.9. The van der Waals surface area contributed by atoms with Gasteiger partial charge in [0.25, 0.3) is 0 Å². The molecule has 0 amide bonds. The van der Waals surface area contributed by atoms with Crippen LogP contribution < -0.4 is 4.90 Å². The predicted molar refractivity (Wildman–Crippen MR) is 80.3 cm³/mol. The van der Waals surface area contributed by atoms with E-state index in [4.69, 9.17) is 0 Å². The second kappa shape index (κ2) is 5.73. The van der Waals surface area contributed by atoms with Gasteiger partial charge < -0.3 is 14.6 Å². The monoisotopic (exact) mass is 341 g/mol. The zero-order valence-electron chi connectivity index (χ0n) is 13.4. The number of halogens is 3. The van der Waals surface area contributed by atoms with E-state index in [0.717, 1.165) is 6.07 Å². The second-order valence-corrected chi connectivity index (χ2v) is 6.07. The molecular weight excluding hydrogens is 323 g/mol. The van der Waals surface area contributed by atoms with Crippen LogP contribution in [0.5, 0.6) is 0 Å². The first kappa shape index (κ1) is 16.7. The maximum atomic E-state index is 12.9. The van der Waals surface area contributed by atoms with E-state index in [1.165, 1.54) is 6.92 Å². The molecule has 0 saturated carbocycles. The third-order valence-electron chi connectivity index (χ3n) is 4.24. The van der Waals surface area contributed by atoms with E-state index < -0.39 is 17.5 Å². The van der Waals surface area contributed by atoms with Crippen molar-refractivity contribution in [1.82, 2.24) is 19.5 Å². The summed E-state index contributed by atoms with van der Waals surface area (Å²) in [7, 11) is 1.80. The van der Waals surface area contributed by atoms with Crippen LogP contribution in [-0.4, -0.2) is 37.7 Å². The molecule has 0 bridgehead atoms. The lowest BCUT2D eigenvalue weighted by Gasteiger charge is -2.37. The molecule has 0 aromatic carbocycles. The molecule has 1 aliphatic heterocycles. The van der Waals surface area contributed by atoms with E-state index in [0.29, 0.717) is 31.8 Å². The van der Waals surface area contributed by atoms with Gasteiger partial charge in [-0.15, -0.1) is 0 Å². The van der Waals surface area contributed by atoms with Gasteiger partial charge in [-0.05, 0) is 13.0 Å². The summed E-state index contributed by atoms with van der Waals surface area (Å²) in [5, 5.41) is 10.8. The van der Waals surface area contributed by atoms with Gasteiger partial charge in [-0.1, -0.05) is 0 Å². The first-order valence-corrected chi connectivity index (χ1v) is 7.57. The van der Waals surface area contributed by atoms with Crippen LogP contribution in [0.25, 0.3) is 0 Å². The molecule has 0 spiro atoms. The van der Waals surface area contributed by atoms with Crippen LogP contribution in [0.3, 0.4) is 0 Å². The fourth-order valence-electron chi connectivity index (χ4n) is 2.95. The first-order valence-electron chi connectivity index (χ1n) is 7.57. The van der Waals surface area contributed by atoms with Gasteiger partial charge in [0.15, 0.2) is 0 Å². The number of imidazole rings is 1. The zero-order valence-corrected chi connectivity index (χ0v) is 13.4. The Kier molecular flexibility index (Phi) is 3.98. The first-order chi connectivity index (χ1) is 11.2. The van der Waals surface area contributed by atoms with E-state index in [1.54, 1.807) is 28.9 Å². The Morgan fingerprint density at radius 3 is 2.42 bits per heavy atom. The number of hydrogen-bond donors (Lipinski definition) is 1. The summed E-state index contributed by atoms with van der Waals surface area (Å²) in [4.78, 5) is 13.6. The highest BCUT2D eigenvalue weighted by Gasteiger charge is 2.39. The molecule has 1 N–H and O–H groups in total. The zero-order chi connectivity index (χ0) is 17.5. The highest BCUT2D eigenvalue weighted by Crippen LogP contribution is 2.34. The second-order valence-electron chi connectivity index (χ2n) is 6.07. The number of anilines is 1. The van der Waals surface area contributed by atoms with Gasteiger partial charge in [0.05, 0.1) is 0 Å². The van der Waals surface area contributed by atoms with E-state index in [1.807, 2.05) is 0 Å². The number of alkyl halides is 3. The minimum absolute atomic E-state index is 0.0456. The Morgan fingerprint density at radius 2 is 1.88 bits per heavy atom. The van der Waals surface area contributed by atoms with Gasteiger partial charge in [0.2, 0.25) is 5.95 Å². The molecule has 1 fully saturated rings. The van der Waals surface area contributed by atoms with Crippen molar-refractivity contribution in [3.8, 4) is 0 Å². The summed E-state index contributed by atoms with van der Waals surface area (Å²) in [6, 6.07) is 0.928. The van der Waals surface area contributed by atoms with Gasteiger partial charge in [0, 0.05) is 51.1 Å². The van der Waals surface area contributed by atoms with Crippen molar-refractivity contribution in [3.63, 3.8) is 0 Å². The van der Waals surface area contributed by atoms with Crippen LogP contribution in [0.2, 0.25) is 0 Å². The molecule has 2 aromatic rings. The molecule has 3 rings (SSSR count). The molecule has 0 aliphatic carbocycles. The van der Waals surface area contributed by atoms with Crippen LogP contribution in [0.15, 0.2) is 18.5 Å². The Morgan fingerprint density at radius 1 is 1.21 bits per heavy atom. The van der Waals surface area contributed by atoms with Crippen molar-refractivity contribution >= 4 is 5.95 Å². The Bertz CT molecular complexity index is 735. The van der Waals surface area contributed by atoms with E-state index >= 15 is 0 Å². The van der Waals surface area contributed by atoms with Crippen molar-refractivity contribution in [2.75, 3.05) is 18.0 Å². The van der Waals surface area contributed by atoms with Gasteiger partial charge in [-0.25, -0.2) is 15.0 Å². The molecule has 1 aliphatic rings. The maximum Gasteiger partial charge on any atom is 0.433 e. The van der Waals surface area contributed by atoms with Crippen molar-refractivity contribution in [3.05, 3.63) is 35.7 Å². The number of aryl methyl sites for hydroxylation is 2. The lowest BCUT2D eigenvalue weighted by Crippen LogP contribution is -2.44. The Hall–Kier alpha value is -2.16. The lowest BCUT2D eigenvalue weighted by atomic mass is 9.90. The molecule has 130 valence electrons. The number of aromatic nitrogens is 4. The van der Waals surface area contributed by atoms with E-state index in [9.17, 15) is 18.3 Å². The Balaban J connectivity index is 1.80. The van der Waals surface area contributed by atoms with Crippen LogP contribution in [0.4, 0.5) is 19.1 Å². The quantitative estimate of drug-likeness (QED) is 0.905. The molecule has 24 heavy (non-hydrogen) atoms. The number of piperidine rings is 1. The van der Waals surface area contributed by atoms with Crippen LogP contribution >= 0.6 is 0 Å². The van der Waals surface area contributed by atoms with Crippen LogP contribution in [0, 0.1) is 6.92 Å². The molecule has 3 heterocycles. The topological polar surface area (TPSA) is 67.1 Å². The third kappa shape index (κ3) is 3.08. The summed E-state index contributed by atoms with van der Waals surface area (Å²) in [5.74, 6) is 0.604. The molecule has 1 saturated heterocycles. The summed E-state index contributed by atoms with van der Waals surface area (Å²) < 4.78 is 40.5. The summed E-state index contributed by atoms with van der Waals surface area (Å²) in [6.45, 7) is 2.21. The van der Waals surface area contributed by atoms with Crippen molar-refractivity contribution in [2.24, 2.45) is 7.05 Å². The van der Waals surface area contributed by atoms with Gasteiger partial charge in [-0.3, -0.25) is 0 Å². The molecular formula is C15H18F3N5O. The van der Waals surface area contributed by atoms with E-state index in [2.05, 4.69) is 15.0 Å². The molecule has 0 atom stereocenters. The van der Waals surface area contributed by atoms with Crippen molar-refractivity contribution in [1.29, 1.82) is 0 Å². The fourth-order valence-corrected chi connectivity index (χ4v) is 2.95. The average molecular weight is 341 g/mol. The average Bonchev–Trinajstić information content (AvgIpc) is 2.93. The van der Waals surface area contributed by atoms with Crippen LogP contribution in [0.1, 0.15) is 30.1 Å². The largest absolute Gasteiger partial charge is 0.433 e. The third-order valence-corrected chi connectivity index (χ3v) is 4.24. The smallest absolute Gasteiger partial charge is 0.382 e. The van der Waals surface area contributed by atoms with Crippen molar-refractivity contribution < 1.29 is 18.3 Å². The summed E-state index contributed by atoms with van der Waals surface area (Å²) in [6.07, 6.45) is -0.461. The Labute approximate surface area is 137 Å². The number of aliphatic hydroxyl groups is 1. The lowest BCUT2D eigenvalue weighted by molar-refractivity contribution is -0.141. The molecule has 2 aromatic heterocycles. The van der Waals surface area contributed by atoms with E-state index in [-0.39, 0.29) is 11.6 Å². The van der Waals surface area contributed by atoms with Gasteiger partial charge >= 0.3 is 6.18 Å². The number of hydrogen-bond acceptors (Lipinski definition) is 5. The standard InChI is InChI=1S/C15H18F3N5O/c1-10-9-11(15(16,17)18)21-13(20-10)23-6-3-14(24,4-7-23)12-19-5-8-22(12)2/h5,8-9,24H,3-4,6-7H2,1-2H3. The normalized spacial score (nSPS) is 18.0.